The van der Waals surface area contributed by atoms with E-state index in [4.69, 9.17) is 10.5 Å². The summed E-state index contributed by atoms with van der Waals surface area (Å²) in [5, 5.41) is 5.14. The van der Waals surface area contributed by atoms with E-state index < -0.39 is 11.7 Å². The van der Waals surface area contributed by atoms with Crippen molar-refractivity contribution in [2.45, 2.75) is 51.6 Å². The Morgan fingerprint density at radius 2 is 1.78 bits per heavy atom. The minimum atomic E-state index is -4.52. The van der Waals surface area contributed by atoms with Gasteiger partial charge in [0.05, 0.1) is 17.9 Å². The van der Waals surface area contributed by atoms with Gasteiger partial charge in [-0.05, 0) is 24.6 Å². The fourth-order valence-corrected chi connectivity index (χ4v) is 3.82. The molecule has 0 aliphatic carbocycles. The summed E-state index contributed by atoms with van der Waals surface area (Å²) in [6, 6.07) is 3.95. The second kappa shape index (κ2) is 11.1. The van der Waals surface area contributed by atoms with Crippen LogP contribution in [0.2, 0.25) is 0 Å². The molecular weight excluding hydrogens is 439 g/mol. The predicted molar refractivity (Wildman–Crippen MR) is 121 cm³/mol. The molecule has 2 aromatic heterocycles. The molecule has 0 saturated carbocycles. The standard InChI is InChI=1S/C22H26F3N5OS/c1-2-3-4-5-6-7-10-31-19-9-8-16(11-17(19)22(23,24)25)29-21-30-18(14-32-21)15-12-27-20(26)28-13-15/h8-9,11-14H,2-7,10H2,1H3,(H,29,30)(H2,26,27,28). The first-order valence-electron chi connectivity index (χ1n) is 10.5. The second-order valence-electron chi connectivity index (χ2n) is 7.32. The van der Waals surface area contributed by atoms with Crippen LogP contribution in [0.5, 0.6) is 5.75 Å². The molecule has 0 aliphatic rings. The SMILES string of the molecule is CCCCCCCCOc1ccc(Nc2nc(-c3cnc(N)nc3)cs2)cc1C(F)(F)F. The van der Waals surface area contributed by atoms with Crippen LogP contribution in [0.15, 0.2) is 36.0 Å². The van der Waals surface area contributed by atoms with Crippen molar-refractivity contribution >= 4 is 28.1 Å². The van der Waals surface area contributed by atoms with Crippen LogP contribution in [0, 0.1) is 0 Å². The summed E-state index contributed by atoms with van der Waals surface area (Å²) in [5.41, 5.74) is 6.22. The average molecular weight is 466 g/mol. The van der Waals surface area contributed by atoms with Gasteiger partial charge >= 0.3 is 6.18 Å². The Morgan fingerprint density at radius 1 is 1.06 bits per heavy atom. The smallest absolute Gasteiger partial charge is 0.420 e. The molecule has 0 aliphatic heterocycles. The number of unbranched alkanes of at least 4 members (excludes halogenated alkanes) is 5. The molecule has 3 N–H and O–H groups in total. The van der Waals surface area contributed by atoms with E-state index in [2.05, 4.69) is 27.2 Å². The number of hydrogen-bond acceptors (Lipinski definition) is 7. The highest BCUT2D eigenvalue weighted by Gasteiger charge is 2.34. The van der Waals surface area contributed by atoms with Crippen LogP contribution in [-0.2, 0) is 6.18 Å². The number of thiazole rings is 1. The number of anilines is 3. The molecule has 0 radical (unpaired) electrons. The number of ether oxygens (including phenoxy) is 1. The van der Waals surface area contributed by atoms with E-state index in [0.29, 0.717) is 16.4 Å². The number of nitrogens with one attached hydrogen (secondary N) is 1. The molecule has 1 aromatic carbocycles. The van der Waals surface area contributed by atoms with Gasteiger partial charge in [0.25, 0.3) is 0 Å². The molecule has 3 aromatic rings. The lowest BCUT2D eigenvalue weighted by molar-refractivity contribution is -0.138. The van der Waals surface area contributed by atoms with Crippen LogP contribution >= 0.6 is 11.3 Å². The van der Waals surface area contributed by atoms with Gasteiger partial charge in [0.15, 0.2) is 5.13 Å². The number of nitrogens with two attached hydrogens (primary N) is 1. The van der Waals surface area contributed by atoms with E-state index in [1.807, 2.05) is 0 Å². The molecule has 0 unspecified atom stereocenters. The molecule has 0 bridgehead atoms. The molecular formula is C22H26F3N5OS. The zero-order chi connectivity index (χ0) is 23.0. The fraction of sp³-hybridized carbons (Fsp3) is 0.409. The predicted octanol–water partition coefficient (Wildman–Crippen LogP) is 6.68. The highest BCUT2D eigenvalue weighted by atomic mass is 32.1. The van der Waals surface area contributed by atoms with Crippen LogP contribution in [0.1, 0.15) is 51.0 Å². The van der Waals surface area contributed by atoms with Crippen molar-refractivity contribution in [1.82, 2.24) is 15.0 Å². The van der Waals surface area contributed by atoms with Crippen LogP contribution in [0.25, 0.3) is 11.3 Å². The Kier molecular flexibility index (Phi) is 8.26. The monoisotopic (exact) mass is 465 g/mol. The van der Waals surface area contributed by atoms with Crippen molar-refractivity contribution in [3.63, 3.8) is 0 Å². The molecule has 172 valence electrons. The number of nitrogen functional groups attached to an aromatic ring is 1. The normalized spacial score (nSPS) is 11.5. The third kappa shape index (κ3) is 6.81. The number of alkyl halides is 3. The van der Waals surface area contributed by atoms with Crippen LogP contribution in [0.3, 0.4) is 0 Å². The summed E-state index contributed by atoms with van der Waals surface area (Å²) in [6.07, 6.45) is 4.80. The minimum Gasteiger partial charge on any atom is -0.493 e. The van der Waals surface area contributed by atoms with E-state index in [-0.39, 0.29) is 24.0 Å². The fourth-order valence-electron chi connectivity index (χ4n) is 3.08. The van der Waals surface area contributed by atoms with E-state index in [1.165, 1.54) is 23.8 Å². The number of hydrogen-bond donors (Lipinski definition) is 2. The lowest BCUT2D eigenvalue weighted by atomic mass is 10.1. The highest BCUT2D eigenvalue weighted by molar-refractivity contribution is 7.14. The average Bonchev–Trinajstić information content (AvgIpc) is 3.22. The highest BCUT2D eigenvalue weighted by Crippen LogP contribution is 2.39. The van der Waals surface area contributed by atoms with Gasteiger partial charge in [0.2, 0.25) is 5.95 Å². The van der Waals surface area contributed by atoms with Crippen LogP contribution in [-0.4, -0.2) is 21.6 Å². The van der Waals surface area contributed by atoms with Crippen molar-refractivity contribution in [2.24, 2.45) is 0 Å². The van der Waals surface area contributed by atoms with Gasteiger partial charge in [-0.3, -0.25) is 0 Å². The van der Waals surface area contributed by atoms with Gasteiger partial charge in [-0.2, -0.15) is 13.2 Å². The quantitative estimate of drug-likeness (QED) is 0.307. The number of rotatable bonds is 11. The van der Waals surface area contributed by atoms with Gasteiger partial charge in [0, 0.05) is 29.0 Å². The lowest BCUT2D eigenvalue weighted by Gasteiger charge is -2.15. The first kappa shape index (κ1) is 23.8. The molecule has 3 rings (SSSR count). The molecule has 0 spiro atoms. The molecule has 32 heavy (non-hydrogen) atoms. The van der Waals surface area contributed by atoms with Crippen molar-refractivity contribution in [2.75, 3.05) is 17.7 Å². The molecule has 0 amide bonds. The first-order valence-corrected chi connectivity index (χ1v) is 11.4. The Balaban J connectivity index is 1.64. The van der Waals surface area contributed by atoms with Crippen molar-refractivity contribution < 1.29 is 17.9 Å². The number of benzene rings is 1. The molecule has 0 atom stereocenters. The first-order chi connectivity index (χ1) is 15.4. The Morgan fingerprint density at radius 3 is 2.50 bits per heavy atom. The number of halogens is 3. The van der Waals surface area contributed by atoms with Crippen molar-refractivity contribution in [3.8, 4) is 17.0 Å². The van der Waals surface area contributed by atoms with Crippen molar-refractivity contribution in [3.05, 3.63) is 41.5 Å². The van der Waals surface area contributed by atoms with Crippen molar-refractivity contribution in [1.29, 1.82) is 0 Å². The molecule has 0 fully saturated rings. The molecule has 6 nitrogen and oxygen atoms in total. The lowest BCUT2D eigenvalue weighted by Crippen LogP contribution is -2.10. The van der Waals surface area contributed by atoms with E-state index in [0.717, 1.165) is 38.2 Å². The Hall–Kier alpha value is -2.88. The topological polar surface area (TPSA) is 86.0 Å². The zero-order valence-electron chi connectivity index (χ0n) is 17.8. The largest absolute Gasteiger partial charge is 0.493 e. The maximum absolute atomic E-state index is 13.6. The summed E-state index contributed by atoms with van der Waals surface area (Å²) in [5.74, 6) is -0.00345. The molecule has 0 saturated heterocycles. The van der Waals surface area contributed by atoms with E-state index >= 15 is 0 Å². The summed E-state index contributed by atoms with van der Waals surface area (Å²) < 4.78 is 46.2. The minimum absolute atomic E-state index is 0.154. The summed E-state index contributed by atoms with van der Waals surface area (Å²) >= 11 is 1.26. The van der Waals surface area contributed by atoms with Crippen LogP contribution in [0.4, 0.5) is 29.9 Å². The maximum atomic E-state index is 13.6. The third-order valence-electron chi connectivity index (χ3n) is 4.76. The molecule has 2 heterocycles. The molecule has 10 heteroatoms. The van der Waals surface area contributed by atoms with Gasteiger partial charge in [0.1, 0.15) is 5.75 Å². The number of nitrogens with zero attached hydrogens (tertiary/aromatic N) is 3. The van der Waals surface area contributed by atoms with Gasteiger partial charge in [-0.1, -0.05) is 39.0 Å². The summed E-state index contributed by atoms with van der Waals surface area (Å²) in [4.78, 5) is 12.2. The summed E-state index contributed by atoms with van der Waals surface area (Å²) in [6.45, 7) is 2.41. The Labute approximate surface area is 189 Å². The third-order valence-corrected chi connectivity index (χ3v) is 5.52. The van der Waals surface area contributed by atoms with E-state index in [1.54, 1.807) is 23.8 Å². The van der Waals surface area contributed by atoms with E-state index in [9.17, 15) is 13.2 Å². The number of aromatic nitrogens is 3. The van der Waals surface area contributed by atoms with Crippen LogP contribution < -0.4 is 15.8 Å². The second-order valence-corrected chi connectivity index (χ2v) is 8.18. The van der Waals surface area contributed by atoms with Gasteiger partial charge < -0.3 is 15.8 Å². The Bertz CT molecular complexity index is 992. The maximum Gasteiger partial charge on any atom is 0.420 e. The van der Waals surface area contributed by atoms with Gasteiger partial charge in [-0.25, -0.2) is 15.0 Å². The van der Waals surface area contributed by atoms with Gasteiger partial charge in [-0.15, -0.1) is 11.3 Å². The summed E-state index contributed by atoms with van der Waals surface area (Å²) in [7, 11) is 0. The zero-order valence-corrected chi connectivity index (χ0v) is 18.6.